The smallest absolute Gasteiger partial charge is 0.267 e. The summed E-state index contributed by atoms with van der Waals surface area (Å²) >= 11 is 0. The Bertz CT molecular complexity index is 780. The fraction of sp³-hybridized carbons (Fsp3) is 0.222. The number of nitrogens with zero attached hydrogens (tertiary/aromatic N) is 2. The lowest BCUT2D eigenvalue weighted by atomic mass is 10.0. The van der Waals surface area contributed by atoms with Crippen molar-refractivity contribution in [1.82, 2.24) is 5.43 Å². The van der Waals surface area contributed by atoms with E-state index in [2.05, 4.69) is 24.4 Å². The molecular weight excluding hydrogens is 306 g/mol. The predicted molar refractivity (Wildman–Crippen MR) is 93.3 cm³/mol. The number of nitro benzene ring substituents is 1. The number of hydrazone groups is 1. The number of amides is 1. The van der Waals surface area contributed by atoms with Gasteiger partial charge in [-0.05, 0) is 30.5 Å². The molecule has 0 spiro atoms. The van der Waals surface area contributed by atoms with Crippen molar-refractivity contribution in [1.29, 1.82) is 0 Å². The van der Waals surface area contributed by atoms with E-state index in [4.69, 9.17) is 0 Å². The van der Waals surface area contributed by atoms with E-state index in [1.807, 2.05) is 12.1 Å². The second-order valence-electron chi connectivity index (χ2n) is 5.72. The fourth-order valence-corrected chi connectivity index (χ4v) is 2.13. The molecule has 6 heteroatoms. The molecule has 2 rings (SSSR count). The standard InChI is InChI=1S/C18H19N3O3/c1-12(2)14-7-9-15(10-8-14)18(22)20-19-13(3)16-5-4-6-17(11-16)21(23)24/h4-12H,1-3H3,(H,20,22)/b19-13+. The summed E-state index contributed by atoms with van der Waals surface area (Å²) in [6.45, 7) is 5.85. The van der Waals surface area contributed by atoms with Crippen LogP contribution in [0.3, 0.4) is 0 Å². The van der Waals surface area contributed by atoms with Crippen molar-refractivity contribution in [3.05, 3.63) is 75.3 Å². The first-order chi connectivity index (χ1) is 11.4. The number of benzene rings is 2. The molecule has 0 heterocycles. The van der Waals surface area contributed by atoms with Crippen LogP contribution in [0.25, 0.3) is 0 Å². The van der Waals surface area contributed by atoms with Gasteiger partial charge in [-0.25, -0.2) is 5.43 Å². The molecule has 0 aliphatic rings. The molecule has 0 unspecified atom stereocenters. The van der Waals surface area contributed by atoms with Gasteiger partial charge in [0.1, 0.15) is 0 Å². The number of hydrogen-bond acceptors (Lipinski definition) is 4. The third-order valence-electron chi connectivity index (χ3n) is 3.64. The van der Waals surface area contributed by atoms with E-state index < -0.39 is 4.92 Å². The summed E-state index contributed by atoms with van der Waals surface area (Å²) in [6.07, 6.45) is 0. The van der Waals surface area contributed by atoms with E-state index >= 15 is 0 Å². The van der Waals surface area contributed by atoms with Gasteiger partial charge in [-0.15, -0.1) is 0 Å². The molecule has 2 aromatic carbocycles. The zero-order chi connectivity index (χ0) is 17.7. The van der Waals surface area contributed by atoms with Crippen molar-refractivity contribution in [3.63, 3.8) is 0 Å². The second kappa shape index (κ2) is 7.50. The molecule has 0 bridgehead atoms. The van der Waals surface area contributed by atoms with Crippen LogP contribution in [-0.2, 0) is 0 Å². The number of nitro groups is 1. The normalized spacial score (nSPS) is 11.4. The molecule has 0 radical (unpaired) electrons. The molecule has 1 N–H and O–H groups in total. The van der Waals surface area contributed by atoms with Gasteiger partial charge in [0.25, 0.3) is 11.6 Å². The van der Waals surface area contributed by atoms with Crippen LogP contribution in [0.1, 0.15) is 48.2 Å². The van der Waals surface area contributed by atoms with Crippen molar-refractivity contribution in [2.45, 2.75) is 26.7 Å². The molecule has 0 atom stereocenters. The van der Waals surface area contributed by atoms with Gasteiger partial charge in [-0.3, -0.25) is 14.9 Å². The van der Waals surface area contributed by atoms with E-state index in [9.17, 15) is 14.9 Å². The molecule has 0 aliphatic heterocycles. The Morgan fingerprint density at radius 2 is 1.79 bits per heavy atom. The average Bonchev–Trinajstić information content (AvgIpc) is 2.59. The van der Waals surface area contributed by atoms with Gasteiger partial charge in [0.15, 0.2) is 0 Å². The molecule has 24 heavy (non-hydrogen) atoms. The Morgan fingerprint density at radius 3 is 2.38 bits per heavy atom. The number of non-ortho nitro benzene ring substituents is 1. The zero-order valence-electron chi connectivity index (χ0n) is 13.8. The number of nitrogens with one attached hydrogen (secondary N) is 1. The van der Waals surface area contributed by atoms with Gasteiger partial charge in [0.05, 0.1) is 10.6 Å². The van der Waals surface area contributed by atoms with Crippen molar-refractivity contribution >= 4 is 17.3 Å². The average molecular weight is 325 g/mol. The Morgan fingerprint density at radius 1 is 1.12 bits per heavy atom. The van der Waals surface area contributed by atoms with Gasteiger partial charge in [-0.2, -0.15) is 5.10 Å². The van der Waals surface area contributed by atoms with Gasteiger partial charge < -0.3 is 0 Å². The maximum atomic E-state index is 12.1. The zero-order valence-corrected chi connectivity index (χ0v) is 13.8. The van der Waals surface area contributed by atoms with Gasteiger partial charge in [0, 0.05) is 23.3 Å². The third-order valence-corrected chi connectivity index (χ3v) is 3.64. The molecule has 1 amide bonds. The largest absolute Gasteiger partial charge is 0.271 e. The van der Waals surface area contributed by atoms with Crippen LogP contribution in [-0.4, -0.2) is 16.5 Å². The second-order valence-corrected chi connectivity index (χ2v) is 5.72. The molecule has 0 aromatic heterocycles. The first-order valence-corrected chi connectivity index (χ1v) is 7.58. The maximum absolute atomic E-state index is 12.1. The summed E-state index contributed by atoms with van der Waals surface area (Å²) in [7, 11) is 0. The minimum absolute atomic E-state index is 0.0161. The highest BCUT2D eigenvalue weighted by Crippen LogP contribution is 2.15. The van der Waals surface area contributed by atoms with Crippen molar-refractivity contribution in [2.75, 3.05) is 0 Å². The van der Waals surface area contributed by atoms with Gasteiger partial charge in [-0.1, -0.05) is 38.1 Å². The maximum Gasteiger partial charge on any atom is 0.271 e. The number of rotatable bonds is 5. The van der Waals surface area contributed by atoms with Crippen LogP contribution in [0, 0.1) is 10.1 Å². The van der Waals surface area contributed by atoms with Gasteiger partial charge in [0.2, 0.25) is 0 Å². The summed E-state index contributed by atoms with van der Waals surface area (Å²) in [5, 5.41) is 14.8. The molecule has 0 aliphatic carbocycles. The molecule has 2 aromatic rings. The topological polar surface area (TPSA) is 84.6 Å². The summed E-state index contributed by atoms with van der Waals surface area (Å²) in [6, 6.07) is 13.4. The summed E-state index contributed by atoms with van der Waals surface area (Å²) in [5.41, 5.74) is 5.20. The van der Waals surface area contributed by atoms with E-state index in [-0.39, 0.29) is 11.6 Å². The van der Waals surface area contributed by atoms with Crippen LogP contribution in [0.4, 0.5) is 5.69 Å². The minimum atomic E-state index is -0.467. The van der Waals surface area contributed by atoms with E-state index in [1.165, 1.54) is 12.1 Å². The number of carbonyl (C=O) groups excluding carboxylic acids is 1. The fourth-order valence-electron chi connectivity index (χ4n) is 2.13. The summed E-state index contributed by atoms with van der Waals surface area (Å²) in [4.78, 5) is 22.4. The van der Waals surface area contributed by atoms with E-state index in [0.29, 0.717) is 22.8 Å². The Kier molecular flexibility index (Phi) is 5.42. The highest BCUT2D eigenvalue weighted by molar-refractivity contribution is 6.01. The summed E-state index contributed by atoms with van der Waals surface area (Å²) in [5.74, 6) is 0.0753. The molecule has 124 valence electrons. The highest BCUT2D eigenvalue weighted by Gasteiger charge is 2.09. The Balaban J connectivity index is 2.10. The highest BCUT2D eigenvalue weighted by atomic mass is 16.6. The lowest BCUT2D eigenvalue weighted by Gasteiger charge is -2.06. The molecule has 0 saturated heterocycles. The third kappa shape index (κ3) is 4.25. The monoisotopic (exact) mass is 325 g/mol. The predicted octanol–water partition coefficient (Wildman–Crippen LogP) is 3.87. The Labute approximate surface area is 140 Å². The molecular formula is C18H19N3O3. The molecule has 0 fully saturated rings. The van der Waals surface area contributed by atoms with Crippen LogP contribution in [0.15, 0.2) is 53.6 Å². The lowest BCUT2D eigenvalue weighted by Crippen LogP contribution is -2.19. The van der Waals surface area contributed by atoms with Gasteiger partial charge >= 0.3 is 0 Å². The van der Waals surface area contributed by atoms with Crippen molar-refractivity contribution in [3.8, 4) is 0 Å². The summed E-state index contributed by atoms with van der Waals surface area (Å²) < 4.78 is 0. The van der Waals surface area contributed by atoms with Crippen molar-refractivity contribution < 1.29 is 9.72 Å². The number of hydrogen-bond donors (Lipinski definition) is 1. The molecule has 0 saturated carbocycles. The number of carbonyl (C=O) groups is 1. The van der Waals surface area contributed by atoms with Crippen LogP contribution in [0.2, 0.25) is 0 Å². The van der Waals surface area contributed by atoms with E-state index in [0.717, 1.165) is 5.56 Å². The molecule has 6 nitrogen and oxygen atoms in total. The van der Waals surface area contributed by atoms with Crippen LogP contribution >= 0.6 is 0 Å². The van der Waals surface area contributed by atoms with Crippen LogP contribution in [0.5, 0.6) is 0 Å². The lowest BCUT2D eigenvalue weighted by molar-refractivity contribution is -0.384. The quantitative estimate of drug-likeness (QED) is 0.514. The SMILES string of the molecule is C/C(=N\NC(=O)c1ccc(C(C)C)cc1)c1cccc([N+](=O)[O-])c1. The Hall–Kier alpha value is -3.02. The van der Waals surface area contributed by atoms with Crippen LogP contribution < -0.4 is 5.43 Å². The first-order valence-electron chi connectivity index (χ1n) is 7.58. The van der Waals surface area contributed by atoms with E-state index in [1.54, 1.807) is 31.2 Å². The first kappa shape index (κ1) is 17.3. The minimum Gasteiger partial charge on any atom is -0.267 e. The van der Waals surface area contributed by atoms with Crippen molar-refractivity contribution in [2.24, 2.45) is 5.10 Å².